The molecule has 1 atom stereocenters. The molecule has 2 heterocycles. The molecule has 1 aromatic heterocycles. The highest BCUT2D eigenvalue weighted by atomic mass is 35.5. The summed E-state index contributed by atoms with van der Waals surface area (Å²) in [6.45, 7) is 0. The van der Waals surface area contributed by atoms with Crippen LogP contribution in [-0.2, 0) is 11.2 Å². The second-order valence-electron chi connectivity index (χ2n) is 7.64. The van der Waals surface area contributed by atoms with E-state index in [4.69, 9.17) is 27.2 Å². The number of nitrogens with zero attached hydrogens (tertiary/aromatic N) is 2. The molecule has 1 aliphatic rings. The molecule has 180 valence electrons. The van der Waals surface area contributed by atoms with E-state index in [0.29, 0.717) is 22.2 Å². The van der Waals surface area contributed by atoms with Gasteiger partial charge in [-0.15, -0.1) is 0 Å². The molecule has 2 amide bonds. The zero-order valence-corrected chi connectivity index (χ0v) is 19.7. The molecule has 2 aromatic carbocycles. The summed E-state index contributed by atoms with van der Waals surface area (Å²) in [5.74, 6) is -2.65. The number of benzene rings is 2. The summed E-state index contributed by atoms with van der Waals surface area (Å²) in [5.41, 5.74) is 6.90. The van der Waals surface area contributed by atoms with Crippen LogP contribution in [0.1, 0.15) is 36.6 Å². The number of amides is 2. The molecule has 1 aliphatic heterocycles. The van der Waals surface area contributed by atoms with Crippen LogP contribution in [0.2, 0.25) is 5.02 Å². The Labute approximate surface area is 206 Å². The number of carboxylic acid groups (broad SMARTS) is 1. The van der Waals surface area contributed by atoms with Crippen molar-refractivity contribution in [3.05, 3.63) is 88.1 Å². The topological polar surface area (TPSA) is 140 Å². The number of Topliss-reactive ketones (excluding diaryl/α,β-unsaturated/α-hetero) is 1. The fraction of sp³-hybridized carbons (Fsp3) is 0.160. The molecule has 0 bridgehead atoms. The molecule has 1 unspecified atom stereocenters. The Morgan fingerprint density at radius 1 is 1.09 bits per heavy atom. The molecule has 35 heavy (non-hydrogen) atoms. The van der Waals surface area contributed by atoms with E-state index in [1.807, 2.05) is 0 Å². The van der Waals surface area contributed by atoms with Gasteiger partial charge in [-0.1, -0.05) is 23.7 Å². The fourth-order valence-corrected chi connectivity index (χ4v) is 3.62. The molecule has 0 saturated carbocycles. The molecule has 4 rings (SSSR count). The number of methoxy groups -OCH3 is 1. The molecule has 0 saturated heterocycles. The normalized spacial score (nSPS) is 14.5. The third kappa shape index (κ3) is 5.82. The number of pyridine rings is 1. The fourth-order valence-electron chi connectivity index (χ4n) is 3.49. The maximum Gasteiger partial charge on any atom is 0.335 e. The Morgan fingerprint density at radius 2 is 1.74 bits per heavy atom. The van der Waals surface area contributed by atoms with Crippen molar-refractivity contribution >= 4 is 40.9 Å². The third-order valence-corrected chi connectivity index (χ3v) is 5.65. The number of hydrogen-bond acceptors (Lipinski definition) is 6. The summed E-state index contributed by atoms with van der Waals surface area (Å²) in [6.07, 6.45) is 1.62. The van der Waals surface area contributed by atoms with Gasteiger partial charge in [0.1, 0.15) is 5.92 Å². The number of carbonyl (C=O) groups excluding carboxylic acids is 3. The van der Waals surface area contributed by atoms with Crippen molar-refractivity contribution in [3.8, 4) is 5.88 Å². The lowest BCUT2D eigenvalue weighted by Crippen LogP contribution is -2.43. The molecule has 3 N–H and O–H groups in total. The first-order valence-corrected chi connectivity index (χ1v) is 10.7. The molecular formula is C25H22ClN3O6. The highest BCUT2D eigenvalue weighted by Crippen LogP contribution is 2.32. The highest BCUT2D eigenvalue weighted by molar-refractivity contribution is 6.30. The van der Waals surface area contributed by atoms with Gasteiger partial charge in [-0.25, -0.2) is 9.78 Å². The van der Waals surface area contributed by atoms with Crippen molar-refractivity contribution in [2.24, 2.45) is 11.7 Å². The van der Waals surface area contributed by atoms with Crippen molar-refractivity contribution in [2.45, 2.75) is 6.42 Å². The SMILES string of the molecule is CN1C(=O)C(Cc2ccc(Cl)cc2)C(=O)c2cc(C(=O)O)ccc21.COc1ccc(C(N)=O)cn1. The van der Waals surface area contributed by atoms with Crippen molar-refractivity contribution in [2.75, 3.05) is 19.1 Å². The molecule has 0 fully saturated rings. The number of hydrogen-bond donors (Lipinski definition) is 2. The standard InChI is InChI=1S/C18H14ClNO4.C7H8N2O2/c1-20-15-7-4-11(18(23)24)9-13(15)16(21)14(17(20)22)8-10-2-5-12(19)6-3-10;1-11-6-3-2-5(4-9-6)7(8)10/h2-7,9,14H,8H2,1H3,(H,23,24);2-4H,1H3,(H2,8,10). The maximum atomic E-state index is 12.8. The summed E-state index contributed by atoms with van der Waals surface area (Å²) < 4.78 is 4.79. The number of carbonyl (C=O) groups is 4. The Bertz CT molecular complexity index is 1280. The predicted molar refractivity (Wildman–Crippen MR) is 129 cm³/mol. The Morgan fingerprint density at radius 3 is 2.29 bits per heavy atom. The Kier molecular flexibility index (Phi) is 7.83. The van der Waals surface area contributed by atoms with Gasteiger partial charge in [-0.3, -0.25) is 14.4 Å². The summed E-state index contributed by atoms with van der Waals surface area (Å²) in [5, 5.41) is 9.69. The molecule has 10 heteroatoms. The van der Waals surface area contributed by atoms with Gasteiger partial charge < -0.3 is 20.5 Å². The van der Waals surface area contributed by atoms with Crippen LogP contribution < -0.4 is 15.4 Å². The third-order valence-electron chi connectivity index (χ3n) is 5.40. The molecule has 0 aliphatic carbocycles. The summed E-state index contributed by atoms with van der Waals surface area (Å²) in [6, 6.07) is 14.3. The van der Waals surface area contributed by atoms with Gasteiger partial charge in [0.15, 0.2) is 5.78 Å². The van der Waals surface area contributed by atoms with Crippen molar-refractivity contribution < 1.29 is 29.0 Å². The number of halogens is 1. The molecule has 3 aromatic rings. The van der Waals surface area contributed by atoms with Crippen LogP contribution >= 0.6 is 11.6 Å². The van der Waals surface area contributed by atoms with Crippen molar-refractivity contribution in [3.63, 3.8) is 0 Å². The van der Waals surface area contributed by atoms with Gasteiger partial charge in [0, 0.05) is 29.9 Å². The smallest absolute Gasteiger partial charge is 0.335 e. The number of nitrogens with two attached hydrogens (primary N) is 1. The van der Waals surface area contributed by atoms with Gasteiger partial charge in [-0.05, 0) is 48.4 Å². The first kappa shape index (κ1) is 25.4. The highest BCUT2D eigenvalue weighted by Gasteiger charge is 2.38. The number of primary amides is 1. The lowest BCUT2D eigenvalue weighted by Gasteiger charge is -2.30. The minimum atomic E-state index is -1.11. The van der Waals surface area contributed by atoms with Gasteiger partial charge in [-0.2, -0.15) is 0 Å². The largest absolute Gasteiger partial charge is 0.481 e. The number of ketones is 1. The van der Waals surface area contributed by atoms with E-state index in [1.54, 1.807) is 43.4 Å². The Balaban J connectivity index is 0.000000261. The van der Waals surface area contributed by atoms with Gasteiger partial charge in [0.05, 0.1) is 23.9 Å². The minimum absolute atomic E-state index is 0.0232. The van der Waals surface area contributed by atoms with Gasteiger partial charge in [0.2, 0.25) is 17.7 Å². The summed E-state index contributed by atoms with van der Waals surface area (Å²) in [4.78, 5) is 52.2. The van der Waals surface area contributed by atoms with Crippen LogP contribution in [0.3, 0.4) is 0 Å². The predicted octanol–water partition coefficient (Wildman–Crippen LogP) is 3.25. The van der Waals surface area contributed by atoms with E-state index in [2.05, 4.69) is 4.98 Å². The zero-order chi connectivity index (χ0) is 25.7. The van der Waals surface area contributed by atoms with Crippen LogP contribution in [0.25, 0.3) is 0 Å². The van der Waals surface area contributed by atoms with Crippen LogP contribution in [0.5, 0.6) is 5.88 Å². The number of anilines is 1. The van der Waals surface area contributed by atoms with Crippen molar-refractivity contribution in [1.82, 2.24) is 4.98 Å². The van der Waals surface area contributed by atoms with E-state index in [1.165, 1.54) is 36.4 Å². The lowest BCUT2D eigenvalue weighted by molar-refractivity contribution is -0.121. The lowest BCUT2D eigenvalue weighted by atomic mass is 9.85. The maximum absolute atomic E-state index is 12.8. The molecule has 0 radical (unpaired) electrons. The Hall–Kier alpha value is -4.24. The number of rotatable bonds is 5. The van der Waals surface area contributed by atoms with E-state index in [0.717, 1.165) is 5.56 Å². The van der Waals surface area contributed by atoms with Crippen LogP contribution in [0.15, 0.2) is 60.8 Å². The van der Waals surface area contributed by atoms with E-state index in [-0.39, 0.29) is 29.2 Å². The van der Waals surface area contributed by atoms with Crippen molar-refractivity contribution in [1.29, 1.82) is 0 Å². The average Bonchev–Trinajstić information content (AvgIpc) is 2.86. The first-order valence-electron chi connectivity index (χ1n) is 10.4. The number of carboxylic acids is 1. The number of ether oxygens (including phenoxy) is 1. The number of aromatic nitrogens is 1. The summed E-state index contributed by atoms with van der Waals surface area (Å²) in [7, 11) is 3.09. The van der Waals surface area contributed by atoms with E-state index < -0.39 is 17.8 Å². The van der Waals surface area contributed by atoms with Crippen LogP contribution in [-0.4, -0.2) is 47.8 Å². The molecular weight excluding hydrogens is 474 g/mol. The molecule has 0 spiro atoms. The van der Waals surface area contributed by atoms with E-state index in [9.17, 15) is 19.2 Å². The minimum Gasteiger partial charge on any atom is -0.481 e. The number of aromatic carboxylic acids is 1. The quantitative estimate of drug-likeness (QED) is 0.518. The summed E-state index contributed by atoms with van der Waals surface area (Å²) >= 11 is 5.85. The van der Waals surface area contributed by atoms with Crippen LogP contribution in [0, 0.1) is 5.92 Å². The van der Waals surface area contributed by atoms with Gasteiger partial charge in [0.25, 0.3) is 0 Å². The molecule has 9 nitrogen and oxygen atoms in total. The zero-order valence-electron chi connectivity index (χ0n) is 18.9. The van der Waals surface area contributed by atoms with E-state index >= 15 is 0 Å². The second-order valence-corrected chi connectivity index (χ2v) is 8.07. The second kappa shape index (κ2) is 10.8. The first-order chi connectivity index (χ1) is 16.6. The monoisotopic (exact) mass is 495 g/mol. The number of fused-ring (bicyclic) bond motifs is 1. The van der Waals surface area contributed by atoms with Crippen LogP contribution in [0.4, 0.5) is 5.69 Å². The van der Waals surface area contributed by atoms with Gasteiger partial charge >= 0.3 is 5.97 Å². The average molecular weight is 496 g/mol.